The zero-order valence-electron chi connectivity index (χ0n) is 11.7. The second kappa shape index (κ2) is 5.10. The average molecular weight is 256 g/mol. The summed E-state index contributed by atoms with van der Waals surface area (Å²) >= 11 is 2.12. The molecular formula is C14H28N2S. The van der Waals surface area contributed by atoms with Crippen molar-refractivity contribution in [3.8, 4) is 0 Å². The topological polar surface area (TPSA) is 29.3 Å². The summed E-state index contributed by atoms with van der Waals surface area (Å²) in [4.78, 5) is 2.73. The van der Waals surface area contributed by atoms with Crippen molar-refractivity contribution in [2.45, 2.75) is 56.7 Å². The first-order valence-corrected chi connectivity index (χ1v) is 8.08. The summed E-state index contributed by atoms with van der Waals surface area (Å²) in [5.74, 6) is 2.03. The minimum Gasteiger partial charge on any atom is -0.329 e. The SMILES string of the molecule is CC1CCCCC1(CN)N1CCSC(C)(C)C1. The summed E-state index contributed by atoms with van der Waals surface area (Å²) in [7, 11) is 0. The molecule has 0 aromatic rings. The molecule has 17 heavy (non-hydrogen) atoms. The van der Waals surface area contributed by atoms with Crippen LogP contribution in [0.15, 0.2) is 0 Å². The lowest BCUT2D eigenvalue weighted by molar-refractivity contribution is 0.0101. The smallest absolute Gasteiger partial charge is 0.0358 e. The fraction of sp³-hybridized carbons (Fsp3) is 1.00. The molecule has 1 saturated heterocycles. The number of hydrogen-bond acceptors (Lipinski definition) is 3. The Hall–Kier alpha value is 0.270. The third-order valence-electron chi connectivity index (χ3n) is 4.82. The van der Waals surface area contributed by atoms with Gasteiger partial charge < -0.3 is 5.73 Å². The lowest BCUT2D eigenvalue weighted by Crippen LogP contribution is -2.63. The van der Waals surface area contributed by atoms with Gasteiger partial charge in [-0.05, 0) is 32.6 Å². The van der Waals surface area contributed by atoms with Crippen LogP contribution in [0, 0.1) is 5.92 Å². The van der Waals surface area contributed by atoms with E-state index in [1.54, 1.807) is 0 Å². The Balaban J connectivity index is 2.16. The highest BCUT2D eigenvalue weighted by Gasteiger charge is 2.44. The second-order valence-corrected chi connectivity index (χ2v) is 8.29. The molecule has 2 fully saturated rings. The van der Waals surface area contributed by atoms with Crippen LogP contribution in [0.25, 0.3) is 0 Å². The molecule has 1 heterocycles. The molecule has 3 heteroatoms. The van der Waals surface area contributed by atoms with Crippen molar-refractivity contribution < 1.29 is 0 Å². The molecule has 1 saturated carbocycles. The first-order valence-electron chi connectivity index (χ1n) is 7.09. The summed E-state index contributed by atoms with van der Waals surface area (Å²) < 4.78 is 0.400. The number of nitrogens with zero attached hydrogens (tertiary/aromatic N) is 1. The molecule has 2 nitrogen and oxygen atoms in total. The Morgan fingerprint density at radius 2 is 2.12 bits per heavy atom. The predicted octanol–water partition coefficient (Wildman–Crippen LogP) is 2.72. The molecule has 0 bridgehead atoms. The summed E-state index contributed by atoms with van der Waals surface area (Å²) in [5, 5.41) is 0. The molecule has 0 spiro atoms. The van der Waals surface area contributed by atoms with E-state index in [9.17, 15) is 0 Å². The van der Waals surface area contributed by atoms with Crippen molar-refractivity contribution in [1.29, 1.82) is 0 Å². The first-order chi connectivity index (χ1) is 8.00. The van der Waals surface area contributed by atoms with Crippen molar-refractivity contribution in [2.24, 2.45) is 11.7 Å². The Morgan fingerprint density at radius 1 is 1.35 bits per heavy atom. The van der Waals surface area contributed by atoms with Crippen LogP contribution in [0.2, 0.25) is 0 Å². The summed E-state index contributed by atoms with van der Waals surface area (Å²) in [6.45, 7) is 10.5. The number of nitrogens with two attached hydrogens (primary N) is 1. The number of thioether (sulfide) groups is 1. The van der Waals surface area contributed by atoms with Gasteiger partial charge in [-0.3, -0.25) is 4.90 Å². The molecular weight excluding hydrogens is 228 g/mol. The van der Waals surface area contributed by atoms with E-state index in [4.69, 9.17) is 5.73 Å². The molecule has 2 rings (SSSR count). The van der Waals surface area contributed by atoms with Crippen molar-refractivity contribution in [3.63, 3.8) is 0 Å². The van der Waals surface area contributed by atoms with Crippen LogP contribution in [0.1, 0.15) is 46.5 Å². The van der Waals surface area contributed by atoms with E-state index < -0.39 is 0 Å². The van der Waals surface area contributed by atoms with Gasteiger partial charge in [0.2, 0.25) is 0 Å². The monoisotopic (exact) mass is 256 g/mol. The van der Waals surface area contributed by atoms with Crippen LogP contribution in [0.4, 0.5) is 0 Å². The lowest BCUT2D eigenvalue weighted by Gasteiger charge is -2.54. The van der Waals surface area contributed by atoms with Gasteiger partial charge in [-0.2, -0.15) is 11.8 Å². The van der Waals surface area contributed by atoms with E-state index >= 15 is 0 Å². The number of hydrogen-bond donors (Lipinski definition) is 1. The molecule has 1 aliphatic carbocycles. The van der Waals surface area contributed by atoms with Crippen molar-refractivity contribution in [1.82, 2.24) is 4.90 Å². The van der Waals surface area contributed by atoms with Crippen molar-refractivity contribution in [3.05, 3.63) is 0 Å². The van der Waals surface area contributed by atoms with Gasteiger partial charge >= 0.3 is 0 Å². The highest BCUT2D eigenvalue weighted by atomic mass is 32.2. The Morgan fingerprint density at radius 3 is 2.71 bits per heavy atom. The largest absolute Gasteiger partial charge is 0.329 e. The molecule has 1 aliphatic heterocycles. The maximum Gasteiger partial charge on any atom is 0.0358 e. The average Bonchev–Trinajstić information content (AvgIpc) is 2.28. The van der Waals surface area contributed by atoms with Gasteiger partial charge in [-0.25, -0.2) is 0 Å². The Kier molecular flexibility index (Phi) is 4.11. The third-order valence-corrected chi connectivity index (χ3v) is 6.12. The van der Waals surface area contributed by atoms with Crippen LogP contribution in [-0.4, -0.2) is 40.6 Å². The minimum atomic E-state index is 0.302. The first kappa shape index (κ1) is 13.7. The fourth-order valence-electron chi connectivity index (χ4n) is 3.70. The lowest BCUT2D eigenvalue weighted by atomic mass is 9.72. The fourth-order valence-corrected chi connectivity index (χ4v) is 4.81. The molecule has 2 atom stereocenters. The molecule has 0 aromatic heterocycles. The standard InChI is InChI=1S/C14H28N2S/c1-12-6-4-5-7-14(12,10-15)16-8-9-17-13(2,3)11-16/h12H,4-11,15H2,1-3H3. The van der Waals surface area contributed by atoms with E-state index in [2.05, 4.69) is 37.4 Å². The van der Waals surface area contributed by atoms with Crippen LogP contribution >= 0.6 is 11.8 Å². The van der Waals surface area contributed by atoms with E-state index in [-0.39, 0.29) is 0 Å². The van der Waals surface area contributed by atoms with Gasteiger partial charge in [0.1, 0.15) is 0 Å². The van der Waals surface area contributed by atoms with Crippen molar-refractivity contribution in [2.75, 3.05) is 25.4 Å². The van der Waals surface area contributed by atoms with E-state index in [1.807, 2.05) is 0 Å². The second-order valence-electron chi connectivity index (χ2n) is 6.48. The molecule has 0 aromatic carbocycles. The molecule has 0 amide bonds. The minimum absolute atomic E-state index is 0.302. The van der Waals surface area contributed by atoms with Crippen LogP contribution < -0.4 is 5.73 Å². The maximum absolute atomic E-state index is 6.20. The van der Waals surface area contributed by atoms with Crippen LogP contribution in [-0.2, 0) is 0 Å². The zero-order valence-corrected chi connectivity index (χ0v) is 12.5. The Bertz CT molecular complexity index is 267. The van der Waals surface area contributed by atoms with Gasteiger partial charge in [-0.1, -0.05) is 19.8 Å². The highest BCUT2D eigenvalue weighted by Crippen LogP contribution is 2.41. The predicted molar refractivity (Wildman–Crippen MR) is 77.5 cm³/mol. The zero-order chi connectivity index (χ0) is 12.5. The summed E-state index contributed by atoms with van der Waals surface area (Å²) in [6.07, 6.45) is 5.44. The van der Waals surface area contributed by atoms with Crippen LogP contribution in [0.3, 0.4) is 0 Å². The normalized spacial score (nSPS) is 39.2. The molecule has 100 valence electrons. The highest BCUT2D eigenvalue weighted by molar-refractivity contribution is 8.00. The number of rotatable bonds is 2. The van der Waals surface area contributed by atoms with Crippen LogP contribution in [0.5, 0.6) is 0 Å². The van der Waals surface area contributed by atoms with Gasteiger partial charge in [0.25, 0.3) is 0 Å². The molecule has 2 unspecified atom stereocenters. The third kappa shape index (κ3) is 2.66. The van der Waals surface area contributed by atoms with Gasteiger partial charge in [0.15, 0.2) is 0 Å². The van der Waals surface area contributed by atoms with Gasteiger partial charge in [0.05, 0.1) is 0 Å². The quantitative estimate of drug-likeness (QED) is 0.824. The molecule has 2 aliphatic rings. The van der Waals surface area contributed by atoms with Gasteiger partial charge in [0, 0.05) is 35.7 Å². The Labute approximate surface area is 111 Å². The van der Waals surface area contributed by atoms with Gasteiger partial charge in [-0.15, -0.1) is 0 Å². The molecule has 2 N–H and O–H groups in total. The summed E-state index contributed by atoms with van der Waals surface area (Å²) in [6, 6.07) is 0. The van der Waals surface area contributed by atoms with E-state index in [1.165, 1.54) is 44.5 Å². The van der Waals surface area contributed by atoms with E-state index in [0.29, 0.717) is 10.3 Å². The van der Waals surface area contributed by atoms with Crippen molar-refractivity contribution >= 4 is 11.8 Å². The van der Waals surface area contributed by atoms with E-state index in [0.717, 1.165) is 12.5 Å². The summed E-state index contributed by atoms with van der Waals surface area (Å²) in [5.41, 5.74) is 6.50. The maximum atomic E-state index is 6.20. The molecule has 0 radical (unpaired) electrons.